The molecule has 0 unspecified atom stereocenters. The quantitative estimate of drug-likeness (QED) is 0.659. The molecule has 0 amide bonds. The topological polar surface area (TPSA) is 21.3 Å². The predicted octanol–water partition coefficient (Wildman–Crippen LogP) is 5.28. The summed E-state index contributed by atoms with van der Waals surface area (Å²) in [5, 5.41) is 6.24. The van der Waals surface area contributed by atoms with Gasteiger partial charge in [0, 0.05) is 11.0 Å². The Labute approximate surface area is 143 Å². The molecular weight excluding hydrogens is 294 g/mol. The lowest BCUT2D eigenvalue weighted by atomic mass is 9.87. The molecule has 0 aliphatic carbocycles. The van der Waals surface area contributed by atoms with Crippen molar-refractivity contribution in [1.82, 2.24) is 5.32 Å². The first-order valence-electron chi connectivity index (χ1n) is 8.53. The maximum Gasteiger partial charge on any atom is 0.155 e. The first-order valence-corrected chi connectivity index (χ1v) is 8.53. The van der Waals surface area contributed by atoms with Gasteiger partial charge >= 0.3 is 0 Å². The third-order valence-corrected chi connectivity index (χ3v) is 4.70. The van der Waals surface area contributed by atoms with Crippen LogP contribution in [0.2, 0.25) is 0 Å². The molecule has 2 atom stereocenters. The van der Waals surface area contributed by atoms with E-state index in [2.05, 4.69) is 92.8 Å². The van der Waals surface area contributed by atoms with Crippen molar-refractivity contribution in [2.45, 2.75) is 33.0 Å². The second-order valence-corrected chi connectivity index (χ2v) is 7.57. The zero-order valence-corrected chi connectivity index (χ0v) is 14.4. The smallest absolute Gasteiger partial charge is 0.155 e. The van der Waals surface area contributed by atoms with Crippen molar-refractivity contribution in [3.05, 3.63) is 77.9 Å². The van der Waals surface area contributed by atoms with Crippen LogP contribution < -0.4 is 10.1 Å². The van der Waals surface area contributed by atoms with Gasteiger partial charge in [0.15, 0.2) is 6.23 Å². The Kier molecular flexibility index (Phi) is 3.58. The van der Waals surface area contributed by atoms with E-state index in [4.69, 9.17) is 4.74 Å². The fourth-order valence-corrected chi connectivity index (χ4v) is 3.41. The van der Waals surface area contributed by atoms with Gasteiger partial charge in [-0.25, -0.2) is 0 Å². The molecule has 3 aromatic carbocycles. The molecule has 1 heterocycles. The number of ether oxygens (including phenoxy) is 1. The molecule has 1 aliphatic heterocycles. The van der Waals surface area contributed by atoms with Crippen LogP contribution in [-0.2, 0) is 0 Å². The van der Waals surface area contributed by atoms with Crippen LogP contribution in [0.3, 0.4) is 0 Å². The van der Waals surface area contributed by atoms with Gasteiger partial charge in [-0.05, 0) is 22.4 Å². The molecule has 1 N–H and O–H groups in total. The van der Waals surface area contributed by atoms with Crippen LogP contribution in [0.15, 0.2) is 66.7 Å². The van der Waals surface area contributed by atoms with Gasteiger partial charge in [0.1, 0.15) is 5.75 Å². The molecule has 0 saturated heterocycles. The summed E-state index contributed by atoms with van der Waals surface area (Å²) in [7, 11) is 0. The first kappa shape index (κ1) is 15.2. The zero-order valence-electron chi connectivity index (χ0n) is 14.4. The Balaban J connectivity index is 1.94. The number of nitrogens with one attached hydrogen (secondary N) is 1. The molecule has 2 heteroatoms. The van der Waals surface area contributed by atoms with Gasteiger partial charge in [0.2, 0.25) is 0 Å². The average molecular weight is 317 g/mol. The van der Waals surface area contributed by atoms with Gasteiger partial charge in [0.05, 0.1) is 6.04 Å². The minimum Gasteiger partial charge on any atom is -0.474 e. The fraction of sp³-hybridized carbons (Fsp3) is 0.273. The number of hydrogen-bond donors (Lipinski definition) is 1. The molecule has 0 spiro atoms. The van der Waals surface area contributed by atoms with Crippen LogP contribution in [0.4, 0.5) is 0 Å². The van der Waals surface area contributed by atoms with E-state index in [-0.39, 0.29) is 17.7 Å². The normalized spacial score (nSPS) is 20.5. The van der Waals surface area contributed by atoms with Crippen molar-refractivity contribution in [2.75, 3.05) is 0 Å². The number of rotatable bonds is 1. The average Bonchev–Trinajstić information content (AvgIpc) is 2.60. The van der Waals surface area contributed by atoms with Gasteiger partial charge in [-0.1, -0.05) is 81.4 Å². The van der Waals surface area contributed by atoms with E-state index in [1.807, 2.05) is 0 Å². The van der Waals surface area contributed by atoms with Crippen LogP contribution in [-0.4, -0.2) is 6.23 Å². The standard InChI is InChI=1S/C22H23NO/c1-22(2,3)21-23-20(16-10-5-4-6-11-16)19-17-12-8-7-9-15(17)13-14-18(19)24-21/h4-14,20-21,23H,1-3H3/t20-,21+/m0/s1. The van der Waals surface area contributed by atoms with Gasteiger partial charge in [-0.2, -0.15) is 0 Å². The second-order valence-electron chi connectivity index (χ2n) is 7.57. The molecule has 1 aliphatic rings. The summed E-state index contributed by atoms with van der Waals surface area (Å²) in [5.74, 6) is 0.987. The second kappa shape index (κ2) is 5.64. The largest absolute Gasteiger partial charge is 0.474 e. The number of fused-ring (bicyclic) bond motifs is 3. The molecule has 0 bridgehead atoms. The number of benzene rings is 3. The van der Waals surface area contributed by atoms with Gasteiger partial charge < -0.3 is 4.74 Å². The van der Waals surface area contributed by atoms with E-state index in [0.29, 0.717) is 0 Å². The summed E-state index contributed by atoms with van der Waals surface area (Å²) >= 11 is 0. The van der Waals surface area contributed by atoms with Crippen LogP contribution in [0.25, 0.3) is 10.8 Å². The first-order chi connectivity index (χ1) is 11.5. The molecule has 0 saturated carbocycles. The highest BCUT2D eigenvalue weighted by Crippen LogP contribution is 2.42. The maximum absolute atomic E-state index is 6.35. The lowest BCUT2D eigenvalue weighted by Gasteiger charge is -2.40. The summed E-state index contributed by atoms with van der Waals surface area (Å²) < 4.78 is 6.35. The molecule has 0 fully saturated rings. The Hall–Kier alpha value is -2.32. The SMILES string of the molecule is CC(C)(C)[C@@H]1N[C@@H](c2ccccc2)c2c(ccc3ccccc23)O1. The Morgan fingerprint density at radius 1 is 0.833 bits per heavy atom. The highest BCUT2D eigenvalue weighted by molar-refractivity contribution is 5.89. The summed E-state index contributed by atoms with van der Waals surface area (Å²) in [5.41, 5.74) is 2.52. The summed E-state index contributed by atoms with van der Waals surface area (Å²) in [6.07, 6.45) is -0.0311. The minimum absolute atomic E-state index is 0.0103. The molecule has 24 heavy (non-hydrogen) atoms. The minimum atomic E-state index is -0.0311. The van der Waals surface area contributed by atoms with Crippen molar-refractivity contribution in [3.8, 4) is 5.75 Å². The van der Waals surface area contributed by atoms with E-state index in [9.17, 15) is 0 Å². The van der Waals surface area contributed by atoms with Crippen LogP contribution >= 0.6 is 0 Å². The molecule has 122 valence electrons. The third kappa shape index (κ3) is 2.57. The molecule has 3 aromatic rings. The molecule has 0 aromatic heterocycles. The van der Waals surface area contributed by atoms with E-state index in [0.717, 1.165) is 5.75 Å². The highest BCUT2D eigenvalue weighted by atomic mass is 16.5. The third-order valence-electron chi connectivity index (χ3n) is 4.70. The lowest BCUT2D eigenvalue weighted by molar-refractivity contribution is 0.0350. The van der Waals surface area contributed by atoms with Crippen molar-refractivity contribution in [2.24, 2.45) is 5.41 Å². The fourth-order valence-electron chi connectivity index (χ4n) is 3.41. The summed E-state index contributed by atoms with van der Waals surface area (Å²) in [6, 6.07) is 23.6. The van der Waals surface area contributed by atoms with E-state index >= 15 is 0 Å². The molecule has 2 nitrogen and oxygen atoms in total. The summed E-state index contributed by atoms with van der Waals surface area (Å²) in [6.45, 7) is 6.62. The predicted molar refractivity (Wildman–Crippen MR) is 99.2 cm³/mol. The monoisotopic (exact) mass is 317 g/mol. The van der Waals surface area contributed by atoms with Crippen molar-refractivity contribution in [3.63, 3.8) is 0 Å². The Morgan fingerprint density at radius 3 is 2.29 bits per heavy atom. The van der Waals surface area contributed by atoms with Crippen LogP contribution in [0.1, 0.15) is 37.9 Å². The molecule has 0 radical (unpaired) electrons. The van der Waals surface area contributed by atoms with Crippen molar-refractivity contribution < 1.29 is 4.74 Å². The number of hydrogen-bond acceptors (Lipinski definition) is 2. The Bertz CT molecular complexity index is 864. The van der Waals surface area contributed by atoms with E-state index < -0.39 is 0 Å². The van der Waals surface area contributed by atoms with Crippen molar-refractivity contribution >= 4 is 10.8 Å². The van der Waals surface area contributed by atoms with E-state index in [1.54, 1.807) is 0 Å². The van der Waals surface area contributed by atoms with Gasteiger partial charge in [-0.3, -0.25) is 5.32 Å². The highest BCUT2D eigenvalue weighted by Gasteiger charge is 2.36. The summed E-state index contributed by atoms with van der Waals surface area (Å²) in [4.78, 5) is 0. The molecule has 4 rings (SSSR count). The van der Waals surface area contributed by atoms with E-state index in [1.165, 1.54) is 21.9 Å². The van der Waals surface area contributed by atoms with Crippen LogP contribution in [0.5, 0.6) is 5.75 Å². The van der Waals surface area contributed by atoms with Gasteiger partial charge in [0.25, 0.3) is 0 Å². The maximum atomic E-state index is 6.35. The van der Waals surface area contributed by atoms with Crippen molar-refractivity contribution in [1.29, 1.82) is 0 Å². The lowest BCUT2D eigenvalue weighted by Crippen LogP contribution is -2.49. The van der Waals surface area contributed by atoms with Crippen LogP contribution in [0, 0.1) is 5.41 Å². The zero-order chi connectivity index (χ0) is 16.7. The molecular formula is C22H23NO. The van der Waals surface area contributed by atoms with Gasteiger partial charge in [-0.15, -0.1) is 0 Å². The Morgan fingerprint density at radius 2 is 1.54 bits per heavy atom.